The summed E-state index contributed by atoms with van der Waals surface area (Å²) in [6, 6.07) is 5.42. The number of hydrogen-bond donors (Lipinski definition) is 1. The minimum Gasteiger partial charge on any atom is -0.324 e. The maximum absolute atomic E-state index is 11.7. The highest BCUT2D eigenvalue weighted by molar-refractivity contribution is 5.90. The van der Waals surface area contributed by atoms with E-state index in [9.17, 15) is 19.7 Å². The zero-order chi connectivity index (χ0) is 14.5. The van der Waals surface area contributed by atoms with E-state index in [2.05, 4.69) is 15.6 Å². The Labute approximate surface area is 112 Å². The summed E-state index contributed by atoms with van der Waals surface area (Å²) in [6.07, 6.45) is 1.86. The maximum Gasteiger partial charge on any atom is 0.269 e. The number of hydrogen-bond acceptors (Lipinski definition) is 6. The van der Waals surface area contributed by atoms with Gasteiger partial charge in [-0.1, -0.05) is 5.21 Å². The Kier molecular flexibility index (Phi) is 3.80. The summed E-state index contributed by atoms with van der Waals surface area (Å²) < 4.78 is 1.21. The molecular weight excluding hydrogens is 266 g/mol. The fourth-order valence-corrected chi connectivity index (χ4v) is 1.46. The van der Waals surface area contributed by atoms with Crippen molar-refractivity contribution in [2.24, 2.45) is 0 Å². The molecule has 0 aliphatic rings. The Hall–Kier alpha value is -3.10. The SMILES string of the molecule is O=Cc1cn(CC(=O)Nc2ccc([N+](=O)[O-])cc2)nn1. The number of nitro benzene ring substituents is 1. The number of carbonyl (C=O) groups excluding carboxylic acids is 2. The zero-order valence-corrected chi connectivity index (χ0v) is 10.1. The molecule has 2 aromatic rings. The topological polar surface area (TPSA) is 120 Å². The van der Waals surface area contributed by atoms with Crippen molar-refractivity contribution in [2.75, 3.05) is 5.32 Å². The first-order valence-electron chi connectivity index (χ1n) is 5.48. The molecule has 0 fully saturated rings. The number of nitrogens with one attached hydrogen (secondary N) is 1. The van der Waals surface area contributed by atoms with Crippen LogP contribution in [0.1, 0.15) is 10.5 Å². The standard InChI is InChI=1S/C11H9N5O4/c17-7-9-5-15(14-13-9)6-11(18)12-8-1-3-10(4-2-8)16(19)20/h1-5,7H,6H2,(H,12,18). The van der Waals surface area contributed by atoms with E-state index in [0.29, 0.717) is 12.0 Å². The second-order valence-corrected chi connectivity index (χ2v) is 3.81. The Morgan fingerprint density at radius 2 is 2.10 bits per heavy atom. The number of nitro groups is 1. The number of anilines is 1. The van der Waals surface area contributed by atoms with Crippen LogP contribution in [0.25, 0.3) is 0 Å². The molecule has 0 unspecified atom stereocenters. The fraction of sp³-hybridized carbons (Fsp3) is 0.0909. The van der Waals surface area contributed by atoms with E-state index in [4.69, 9.17) is 0 Å². The van der Waals surface area contributed by atoms with Crippen molar-refractivity contribution in [3.8, 4) is 0 Å². The summed E-state index contributed by atoms with van der Waals surface area (Å²) in [5.41, 5.74) is 0.499. The summed E-state index contributed by atoms with van der Waals surface area (Å²) in [6.45, 7) is -0.113. The lowest BCUT2D eigenvalue weighted by molar-refractivity contribution is -0.384. The Morgan fingerprint density at radius 3 is 2.65 bits per heavy atom. The van der Waals surface area contributed by atoms with Crippen LogP contribution in [-0.2, 0) is 11.3 Å². The van der Waals surface area contributed by atoms with Crippen LogP contribution in [0.2, 0.25) is 0 Å². The monoisotopic (exact) mass is 275 g/mol. The second kappa shape index (κ2) is 5.69. The first kappa shape index (κ1) is 13.3. The Morgan fingerprint density at radius 1 is 1.40 bits per heavy atom. The van der Waals surface area contributed by atoms with Gasteiger partial charge in [-0.25, -0.2) is 4.68 Å². The minimum absolute atomic E-state index is 0.0603. The molecule has 0 bridgehead atoms. The molecule has 20 heavy (non-hydrogen) atoms. The summed E-state index contributed by atoms with van der Waals surface area (Å²) in [5, 5.41) is 20.1. The number of aldehydes is 1. The smallest absolute Gasteiger partial charge is 0.269 e. The average molecular weight is 275 g/mol. The molecule has 2 rings (SSSR count). The van der Waals surface area contributed by atoms with Crippen molar-refractivity contribution in [1.82, 2.24) is 15.0 Å². The summed E-state index contributed by atoms with van der Waals surface area (Å²) >= 11 is 0. The highest BCUT2D eigenvalue weighted by Gasteiger charge is 2.08. The van der Waals surface area contributed by atoms with Gasteiger partial charge in [-0.2, -0.15) is 0 Å². The molecule has 0 saturated heterocycles. The van der Waals surface area contributed by atoms with Gasteiger partial charge in [0.25, 0.3) is 5.69 Å². The van der Waals surface area contributed by atoms with Crippen LogP contribution in [0.15, 0.2) is 30.5 Å². The van der Waals surface area contributed by atoms with Gasteiger partial charge < -0.3 is 5.32 Å². The predicted octanol–water partition coefficient (Wildman–Crippen LogP) is 0.637. The lowest BCUT2D eigenvalue weighted by atomic mass is 10.3. The van der Waals surface area contributed by atoms with E-state index >= 15 is 0 Å². The van der Waals surface area contributed by atoms with Crippen LogP contribution in [0.3, 0.4) is 0 Å². The summed E-state index contributed by atoms with van der Waals surface area (Å²) in [4.78, 5) is 32.0. The molecule has 1 amide bonds. The van der Waals surface area contributed by atoms with Gasteiger partial charge in [0.1, 0.15) is 12.2 Å². The van der Waals surface area contributed by atoms with Gasteiger partial charge in [0, 0.05) is 17.8 Å². The predicted molar refractivity (Wildman–Crippen MR) is 67.1 cm³/mol. The van der Waals surface area contributed by atoms with Crippen LogP contribution < -0.4 is 5.32 Å². The van der Waals surface area contributed by atoms with Crippen LogP contribution in [0.4, 0.5) is 11.4 Å². The molecule has 1 aromatic carbocycles. The number of amides is 1. The third-order valence-corrected chi connectivity index (χ3v) is 2.34. The van der Waals surface area contributed by atoms with Crippen molar-refractivity contribution in [3.63, 3.8) is 0 Å². The van der Waals surface area contributed by atoms with E-state index in [1.807, 2.05) is 0 Å². The van der Waals surface area contributed by atoms with Gasteiger partial charge in [0.05, 0.1) is 11.1 Å². The largest absolute Gasteiger partial charge is 0.324 e. The van der Waals surface area contributed by atoms with Gasteiger partial charge in [-0.3, -0.25) is 19.7 Å². The third kappa shape index (κ3) is 3.22. The number of non-ortho nitro benzene ring substituents is 1. The highest BCUT2D eigenvalue weighted by atomic mass is 16.6. The Balaban J connectivity index is 1.97. The van der Waals surface area contributed by atoms with E-state index < -0.39 is 4.92 Å². The first-order chi connectivity index (χ1) is 9.58. The molecule has 0 aliphatic carbocycles. The lowest BCUT2D eigenvalue weighted by Crippen LogP contribution is -2.19. The van der Waals surface area contributed by atoms with Crippen LogP contribution in [0, 0.1) is 10.1 Å². The molecule has 102 valence electrons. The molecule has 9 heteroatoms. The first-order valence-corrected chi connectivity index (χ1v) is 5.48. The summed E-state index contributed by atoms with van der Waals surface area (Å²) in [5.74, 6) is -0.388. The molecule has 1 aromatic heterocycles. The van der Waals surface area contributed by atoms with Crippen molar-refractivity contribution in [1.29, 1.82) is 0 Å². The molecule has 0 aliphatic heterocycles. The molecule has 0 radical (unpaired) electrons. The molecule has 9 nitrogen and oxygen atoms in total. The van der Waals surface area contributed by atoms with Gasteiger partial charge >= 0.3 is 0 Å². The fourth-order valence-electron chi connectivity index (χ4n) is 1.46. The number of nitrogens with zero attached hydrogens (tertiary/aromatic N) is 4. The second-order valence-electron chi connectivity index (χ2n) is 3.81. The molecule has 0 spiro atoms. The van der Waals surface area contributed by atoms with Crippen LogP contribution in [0.5, 0.6) is 0 Å². The Bertz CT molecular complexity index is 649. The van der Waals surface area contributed by atoms with E-state index in [1.54, 1.807) is 0 Å². The van der Waals surface area contributed by atoms with Crippen LogP contribution >= 0.6 is 0 Å². The van der Waals surface area contributed by atoms with E-state index in [-0.39, 0.29) is 23.8 Å². The van der Waals surface area contributed by atoms with E-state index in [0.717, 1.165) is 0 Å². The quantitative estimate of drug-likeness (QED) is 0.485. The van der Waals surface area contributed by atoms with Crippen molar-refractivity contribution in [2.45, 2.75) is 6.54 Å². The number of aromatic nitrogens is 3. The van der Waals surface area contributed by atoms with Gasteiger partial charge in [-0.15, -0.1) is 5.10 Å². The van der Waals surface area contributed by atoms with Crippen LogP contribution in [-0.4, -0.2) is 32.1 Å². The molecule has 1 heterocycles. The number of benzene rings is 1. The molecule has 0 atom stereocenters. The summed E-state index contributed by atoms with van der Waals surface area (Å²) in [7, 11) is 0. The van der Waals surface area contributed by atoms with E-state index in [1.165, 1.54) is 35.1 Å². The average Bonchev–Trinajstić information content (AvgIpc) is 2.86. The van der Waals surface area contributed by atoms with Gasteiger partial charge in [0.2, 0.25) is 5.91 Å². The third-order valence-electron chi connectivity index (χ3n) is 2.34. The van der Waals surface area contributed by atoms with Crippen molar-refractivity contribution >= 4 is 23.6 Å². The maximum atomic E-state index is 11.7. The molecule has 1 N–H and O–H groups in total. The minimum atomic E-state index is -0.526. The zero-order valence-electron chi connectivity index (χ0n) is 10.1. The molecular formula is C11H9N5O4. The highest BCUT2D eigenvalue weighted by Crippen LogP contribution is 2.15. The lowest BCUT2D eigenvalue weighted by Gasteiger charge is -2.04. The van der Waals surface area contributed by atoms with Gasteiger partial charge in [-0.05, 0) is 12.1 Å². The normalized spacial score (nSPS) is 10.0. The van der Waals surface area contributed by atoms with Crippen molar-refractivity contribution < 1.29 is 14.5 Å². The molecule has 0 saturated carbocycles. The number of carbonyl (C=O) groups is 2. The number of rotatable bonds is 5. The van der Waals surface area contributed by atoms with Gasteiger partial charge in [0.15, 0.2) is 6.29 Å². The van der Waals surface area contributed by atoms with Crippen molar-refractivity contribution in [3.05, 3.63) is 46.3 Å².